The predicted octanol–water partition coefficient (Wildman–Crippen LogP) is 1.67. The number of ketones is 2. The predicted molar refractivity (Wildman–Crippen MR) is 73.5 cm³/mol. The Morgan fingerprint density at radius 2 is 1.43 bits per heavy atom. The van der Waals surface area contributed by atoms with E-state index in [9.17, 15) is 24.9 Å². The van der Waals surface area contributed by atoms with Crippen LogP contribution in [0.4, 0.5) is 0 Å². The zero-order valence-electron chi connectivity index (χ0n) is 11.1. The molecule has 21 heavy (non-hydrogen) atoms. The molecule has 1 aliphatic rings. The van der Waals surface area contributed by atoms with E-state index in [1.54, 1.807) is 19.1 Å². The molecule has 0 atom stereocenters. The Bertz CT molecular complexity index is 756. The van der Waals surface area contributed by atoms with Gasteiger partial charge >= 0.3 is 0 Å². The molecule has 3 N–H and O–H groups in total. The Morgan fingerprint density at radius 3 is 1.95 bits per heavy atom. The number of carbonyl (C=O) groups excluding carboxylic acids is 2. The van der Waals surface area contributed by atoms with Crippen molar-refractivity contribution in [1.29, 1.82) is 0 Å². The number of rotatable bonds is 1. The van der Waals surface area contributed by atoms with Gasteiger partial charge in [0.1, 0.15) is 11.5 Å². The average molecular weight is 284 g/mol. The van der Waals surface area contributed by atoms with Gasteiger partial charge in [-0.3, -0.25) is 9.59 Å². The van der Waals surface area contributed by atoms with Crippen LogP contribution in [0.5, 0.6) is 11.5 Å². The summed E-state index contributed by atoms with van der Waals surface area (Å²) in [5.41, 5.74) is -2.24. The molecule has 0 heterocycles. The molecule has 3 rings (SSSR count). The number of Topliss-reactive ketones (excluding diaryl/α,β-unsaturated/α-hetero) is 2. The van der Waals surface area contributed by atoms with Crippen molar-refractivity contribution in [3.63, 3.8) is 0 Å². The topological polar surface area (TPSA) is 94.8 Å². The third-order valence-electron chi connectivity index (χ3n) is 3.78. The molecule has 2 aromatic rings. The number of hydrogen-bond donors (Lipinski definition) is 3. The summed E-state index contributed by atoms with van der Waals surface area (Å²) in [6.07, 6.45) is 0. The molecular formula is C16H12O5. The summed E-state index contributed by atoms with van der Waals surface area (Å²) in [5, 5.41) is 30.4. The lowest BCUT2D eigenvalue weighted by Crippen LogP contribution is -2.38. The molecule has 0 saturated carbocycles. The van der Waals surface area contributed by atoms with Crippen LogP contribution >= 0.6 is 0 Å². The second-order valence-corrected chi connectivity index (χ2v) is 5.07. The first-order valence-electron chi connectivity index (χ1n) is 6.31. The van der Waals surface area contributed by atoms with Gasteiger partial charge < -0.3 is 15.3 Å². The lowest BCUT2D eigenvalue weighted by Gasteiger charge is -2.21. The lowest BCUT2D eigenvalue weighted by atomic mass is 9.87. The minimum absolute atomic E-state index is 0.101. The van der Waals surface area contributed by atoms with E-state index in [0.29, 0.717) is 5.56 Å². The lowest BCUT2D eigenvalue weighted by molar-refractivity contribution is 0.0312. The van der Waals surface area contributed by atoms with E-state index in [4.69, 9.17) is 0 Å². The van der Waals surface area contributed by atoms with Crippen molar-refractivity contribution >= 4 is 11.6 Å². The largest absolute Gasteiger partial charge is 0.508 e. The van der Waals surface area contributed by atoms with Crippen LogP contribution in [0.1, 0.15) is 31.8 Å². The van der Waals surface area contributed by atoms with E-state index in [2.05, 4.69) is 0 Å². The molecule has 0 unspecified atom stereocenters. The van der Waals surface area contributed by atoms with Crippen molar-refractivity contribution in [2.45, 2.75) is 12.5 Å². The third kappa shape index (κ3) is 1.61. The molecule has 0 fully saturated rings. The Kier molecular flexibility index (Phi) is 2.64. The Labute approximate surface area is 120 Å². The van der Waals surface area contributed by atoms with Crippen LogP contribution in [0.2, 0.25) is 0 Å². The summed E-state index contributed by atoms with van der Waals surface area (Å²) in [7, 11) is 0. The molecular weight excluding hydrogens is 272 g/mol. The molecule has 106 valence electrons. The zero-order chi connectivity index (χ0) is 15.4. The zero-order valence-corrected chi connectivity index (χ0v) is 11.1. The van der Waals surface area contributed by atoms with Crippen molar-refractivity contribution in [1.82, 2.24) is 0 Å². The van der Waals surface area contributed by atoms with Crippen LogP contribution in [0.25, 0.3) is 0 Å². The minimum Gasteiger partial charge on any atom is -0.508 e. The molecule has 5 heteroatoms. The number of fused-ring (bicyclic) bond motifs is 1. The van der Waals surface area contributed by atoms with Gasteiger partial charge in [0.05, 0.1) is 0 Å². The molecule has 0 amide bonds. The summed E-state index contributed by atoms with van der Waals surface area (Å²) in [6.45, 7) is 1.55. The molecule has 0 bridgehead atoms. The molecule has 2 aromatic carbocycles. The van der Waals surface area contributed by atoms with E-state index in [1.165, 1.54) is 18.2 Å². The normalized spacial score (nSPS) is 16.1. The van der Waals surface area contributed by atoms with E-state index in [-0.39, 0.29) is 22.4 Å². The SMILES string of the molecule is Cc1cc(O)c(C2(O)C(=O)c3ccccc3C2=O)cc1O. The number of phenols is 2. The van der Waals surface area contributed by atoms with Gasteiger partial charge in [-0.1, -0.05) is 24.3 Å². The standard InChI is InChI=1S/C16H12O5/c1-8-6-13(18)11(7-12(8)17)16(21)14(19)9-4-2-3-5-10(9)15(16)20/h2-7,17-18,21H,1H3. The average Bonchev–Trinajstić information content (AvgIpc) is 2.66. The van der Waals surface area contributed by atoms with Crippen molar-refractivity contribution in [2.75, 3.05) is 0 Å². The molecule has 1 aliphatic carbocycles. The van der Waals surface area contributed by atoms with Crippen LogP contribution in [-0.4, -0.2) is 26.9 Å². The number of phenolic OH excluding ortho intramolecular Hbond substituents is 2. The number of carbonyl (C=O) groups is 2. The van der Waals surface area contributed by atoms with Crippen molar-refractivity contribution in [3.05, 3.63) is 58.7 Å². The molecule has 0 radical (unpaired) electrons. The number of benzene rings is 2. The summed E-state index contributed by atoms with van der Waals surface area (Å²) in [5.74, 6) is -2.24. The maximum atomic E-state index is 12.4. The van der Waals surface area contributed by atoms with Gasteiger partial charge in [-0.15, -0.1) is 0 Å². The second-order valence-electron chi connectivity index (χ2n) is 5.07. The van der Waals surface area contributed by atoms with E-state index in [0.717, 1.165) is 6.07 Å². The maximum Gasteiger partial charge on any atom is 0.220 e. The fourth-order valence-corrected chi connectivity index (χ4v) is 2.59. The van der Waals surface area contributed by atoms with Gasteiger partial charge in [0.2, 0.25) is 17.2 Å². The van der Waals surface area contributed by atoms with Crippen LogP contribution in [0.15, 0.2) is 36.4 Å². The van der Waals surface area contributed by atoms with E-state index >= 15 is 0 Å². The summed E-state index contributed by atoms with van der Waals surface area (Å²) in [6, 6.07) is 8.31. The van der Waals surface area contributed by atoms with Crippen molar-refractivity contribution in [2.24, 2.45) is 0 Å². The monoisotopic (exact) mass is 284 g/mol. The van der Waals surface area contributed by atoms with Gasteiger partial charge in [-0.05, 0) is 24.6 Å². The Balaban J connectivity index is 2.27. The van der Waals surface area contributed by atoms with Gasteiger partial charge in [0, 0.05) is 16.7 Å². The Morgan fingerprint density at radius 1 is 0.905 bits per heavy atom. The van der Waals surface area contributed by atoms with Crippen LogP contribution in [0, 0.1) is 6.92 Å². The quantitative estimate of drug-likeness (QED) is 0.547. The molecule has 0 aliphatic heterocycles. The molecule has 5 nitrogen and oxygen atoms in total. The summed E-state index contributed by atoms with van der Waals surface area (Å²) in [4.78, 5) is 24.8. The van der Waals surface area contributed by atoms with Crippen molar-refractivity contribution < 1.29 is 24.9 Å². The number of aryl methyl sites for hydroxylation is 1. The van der Waals surface area contributed by atoms with Gasteiger partial charge in [-0.25, -0.2) is 0 Å². The highest BCUT2D eigenvalue weighted by Gasteiger charge is 2.54. The van der Waals surface area contributed by atoms with Gasteiger partial charge in [0.15, 0.2) is 0 Å². The molecule has 0 saturated heterocycles. The summed E-state index contributed by atoms with van der Waals surface area (Å²) >= 11 is 0. The first-order valence-corrected chi connectivity index (χ1v) is 6.31. The third-order valence-corrected chi connectivity index (χ3v) is 3.78. The molecule has 0 spiro atoms. The van der Waals surface area contributed by atoms with E-state index < -0.39 is 22.9 Å². The minimum atomic E-state index is -2.50. The number of hydrogen-bond acceptors (Lipinski definition) is 5. The van der Waals surface area contributed by atoms with E-state index in [1.807, 2.05) is 0 Å². The number of aliphatic hydroxyl groups is 1. The highest BCUT2D eigenvalue weighted by molar-refractivity contribution is 6.32. The first kappa shape index (κ1) is 13.3. The van der Waals surface area contributed by atoms with Crippen LogP contribution < -0.4 is 0 Å². The van der Waals surface area contributed by atoms with Crippen molar-refractivity contribution in [3.8, 4) is 11.5 Å². The molecule has 0 aromatic heterocycles. The first-order chi connectivity index (χ1) is 9.87. The van der Waals surface area contributed by atoms with Crippen LogP contribution in [-0.2, 0) is 5.60 Å². The highest BCUT2D eigenvalue weighted by Crippen LogP contribution is 2.42. The maximum absolute atomic E-state index is 12.4. The van der Waals surface area contributed by atoms with Gasteiger partial charge in [-0.2, -0.15) is 0 Å². The smallest absolute Gasteiger partial charge is 0.220 e. The fraction of sp³-hybridized carbons (Fsp3) is 0.125. The Hall–Kier alpha value is -2.66. The van der Waals surface area contributed by atoms with Crippen LogP contribution in [0.3, 0.4) is 0 Å². The summed E-state index contributed by atoms with van der Waals surface area (Å²) < 4.78 is 0. The second kappa shape index (κ2) is 4.17. The number of aromatic hydroxyl groups is 2. The highest BCUT2D eigenvalue weighted by atomic mass is 16.3. The fourth-order valence-electron chi connectivity index (χ4n) is 2.59. The van der Waals surface area contributed by atoms with Gasteiger partial charge in [0.25, 0.3) is 0 Å².